The Morgan fingerprint density at radius 3 is 2.93 bits per heavy atom. The van der Waals surface area contributed by atoms with Gasteiger partial charge in [0.05, 0.1) is 18.4 Å². The molecule has 1 aliphatic heterocycles. The summed E-state index contributed by atoms with van der Waals surface area (Å²) in [4.78, 5) is 24.7. The van der Waals surface area contributed by atoms with E-state index in [1.54, 1.807) is 41.3 Å². The summed E-state index contributed by atoms with van der Waals surface area (Å²) in [5.74, 6) is 0.495. The van der Waals surface area contributed by atoms with Crippen molar-refractivity contribution < 1.29 is 9.18 Å². The van der Waals surface area contributed by atoms with Crippen LogP contribution >= 0.6 is 0 Å². The number of benzene rings is 1. The molecular weight excluding hydrogens is 347 g/mol. The predicted octanol–water partition coefficient (Wildman–Crippen LogP) is 2.57. The normalized spacial score (nSPS) is 13.0. The van der Waals surface area contributed by atoms with Crippen molar-refractivity contribution in [3.63, 3.8) is 0 Å². The van der Waals surface area contributed by atoms with Gasteiger partial charge in [0.1, 0.15) is 17.3 Å². The average Bonchev–Trinajstić information content (AvgIpc) is 3.23. The molecule has 1 amide bonds. The van der Waals surface area contributed by atoms with E-state index in [1.165, 1.54) is 6.07 Å². The number of hydrogen-bond acceptors (Lipinski definition) is 5. The monoisotopic (exact) mass is 360 g/mol. The van der Waals surface area contributed by atoms with Crippen LogP contribution in [0.3, 0.4) is 0 Å². The summed E-state index contributed by atoms with van der Waals surface area (Å²) in [6.45, 7) is 0.238. The first-order valence-corrected chi connectivity index (χ1v) is 8.40. The zero-order valence-corrected chi connectivity index (χ0v) is 14.1. The fourth-order valence-electron chi connectivity index (χ4n) is 3.18. The highest BCUT2D eigenvalue weighted by molar-refractivity contribution is 5.98. The summed E-state index contributed by atoms with van der Waals surface area (Å²) >= 11 is 0. The zero-order valence-electron chi connectivity index (χ0n) is 14.1. The molecule has 1 N–H and O–H groups in total. The number of fused-ring (bicyclic) bond motifs is 2. The lowest BCUT2D eigenvalue weighted by atomic mass is 10.2. The number of anilines is 1. The maximum atomic E-state index is 14.1. The van der Waals surface area contributed by atoms with Gasteiger partial charge in [-0.05, 0) is 18.2 Å². The minimum atomic E-state index is -0.296. The fourth-order valence-corrected chi connectivity index (χ4v) is 3.18. The third-order valence-electron chi connectivity index (χ3n) is 4.47. The van der Waals surface area contributed by atoms with E-state index in [0.717, 1.165) is 10.9 Å². The first kappa shape index (κ1) is 15.6. The van der Waals surface area contributed by atoms with Crippen molar-refractivity contribution >= 4 is 22.8 Å². The number of hydrogen-bond donors (Lipinski definition) is 1. The first-order chi connectivity index (χ1) is 13.2. The number of amides is 1. The van der Waals surface area contributed by atoms with Gasteiger partial charge in [-0.25, -0.2) is 24.0 Å². The van der Waals surface area contributed by atoms with Crippen LogP contribution in [0.1, 0.15) is 11.1 Å². The van der Waals surface area contributed by atoms with Crippen molar-refractivity contribution in [2.45, 2.75) is 13.0 Å². The summed E-state index contributed by atoms with van der Waals surface area (Å²) in [7, 11) is 0. The summed E-state index contributed by atoms with van der Waals surface area (Å²) < 4.78 is 15.7. The van der Waals surface area contributed by atoms with Crippen LogP contribution in [0.2, 0.25) is 0 Å². The summed E-state index contributed by atoms with van der Waals surface area (Å²) in [5.41, 5.74) is 2.43. The SMILES string of the molecule is O=C1Cc2cnc(-c3nn(Cc4ccccc4F)c4ncccc34)nc2N1. The molecule has 27 heavy (non-hydrogen) atoms. The molecule has 3 aromatic heterocycles. The van der Waals surface area contributed by atoms with Gasteiger partial charge in [0, 0.05) is 23.5 Å². The van der Waals surface area contributed by atoms with Crippen molar-refractivity contribution in [1.29, 1.82) is 0 Å². The van der Waals surface area contributed by atoms with Crippen LogP contribution in [0.5, 0.6) is 0 Å². The minimum Gasteiger partial charge on any atom is -0.310 e. The van der Waals surface area contributed by atoms with E-state index in [1.807, 2.05) is 6.07 Å². The highest BCUT2D eigenvalue weighted by atomic mass is 19.1. The molecule has 0 unspecified atom stereocenters. The quantitative estimate of drug-likeness (QED) is 0.607. The Bertz CT molecular complexity index is 1200. The molecule has 0 fully saturated rings. The molecule has 0 bridgehead atoms. The molecule has 4 aromatic rings. The molecule has 0 saturated carbocycles. The van der Waals surface area contributed by atoms with E-state index < -0.39 is 0 Å². The van der Waals surface area contributed by atoms with Crippen LogP contribution in [0.25, 0.3) is 22.6 Å². The maximum Gasteiger partial charge on any atom is 0.230 e. The van der Waals surface area contributed by atoms with E-state index in [0.29, 0.717) is 28.5 Å². The summed E-state index contributed by atoms with van der Waals surface area (Å²) in [6, 6.07) is 10.2. The largest absolute Gasteiger partial charge is 0.310 e. The molecule has 1 aliphatic rings. The van der Waals surface area contributed by atoms with Crippen molar-refractivity contribution in [2.75, 3.05) is 5.32 Å². The lowest BCUT2D eigenvalue weighted by Crippen LogP contribution is -2.05. The number of nitrogens with zero attached hydrogens (tertiary/aromatic N) is 5. The number of halogens is 1. The smallest absolute Gasteiger partial charge is 0.230 e. The third-order valence-corrected chi connectivity index (χ3v) is 4.47. The van der Waals surface area contributed by atoms with Gasteiger partial charge in [0.2, 0.25) is 5.91 Å². The molecule has 132 valence electrons. The van der Waals surface area contributed by atoms with Gasteiger partial charge < -0.3 is 5.32 Å². The van der Waals surface area contributed by atoms with Gasteiger partial charge in [-0.15, -0.1) is 0 Å². The molecule has 4 heterocycles. The van der Waals surface area contributed by atoms with Gasteiger partial charge in [-0.2, -0.15) is 5.10 Å². The van der Waals surface area contributed by atoms with E-state index in [2.05, 4.69) is 25.4 Å². The lowest BCUT2D eigenvalue weighted by Gasteiger charge is -2.04. The molecule has 7 nitrogen and oxygen atoms in total. The number of aromatic nitrogens is 5. The second-order valence-electron chi connectivity index (χ2n) is 6.26. The van der Waals surface area contributed by atoms with Crippen LogP contribution < -0.4 is 5.32 Å². The molecule has 0 atom stereocenters. The highest BCUT2D eigenvalue weighted by Crippen LogP contribution is 2.28. The van der Waals surface area contributed by atoms with Crippen LogP contribution in [-0.4, -0.2) is 30.6 Å². The second kappa shape index (κ2) is 5.94. The summed E-state index contributed by atoms with van der Waals surface area (Å²) in [6.07, 6.45) is 3.57. The van der Waals surface area contributed by atoms with Crippen molar-refractivity contribution in [3.8, 4) is 11.5 Å². The molecule has 5 rings (SSSR count). The van der Waals surface area contributed by atoms with E-state index in [-0.39, 0.29) is 24.7 Å². The lowest BCUT2D eigenvalue weighted by molar-refractivity contribution is -0.115. The molecular formula is C19H13FN6O. The second-order valence-corrected chi connectivity index (χ2v) is 6.26. The Kier molecular flexibility index (Phi) is 3.43. The number of pyridine rings is 1. The summed E-state index contributed by atoms with van der Waals surface area (Å²) in [5, 5.41) is 8.07. The first-order valence-electron chi connectivity index (χ1n) is 8.40. The molecule has 0 radical (unpaired) electrons. The van der Waals surface area contributed by atoms with E-state index in [4.69, 9.17) is 0 Å². The van der Waals surface area contributed by atoms with Gasteiger partial charge in [-0.3, -0.25) is 4.79 Å². The molecule has 8 heteroatoms. The number of rotatable bonds is 3. The van der Waals surface area contributed by atoms with Gasteiger partial charge in [0.25, 0.3) is 0 Å². The molecule has 1 aromatic carbocycles. The number of carbonyl (C=O) groups excluding carboxylic acids is 1. The minimum absolute atomic E-state index is 0.104. The Hall–Kier alpha value is -3.68. The molecule has 0 aliphatic carbocycles. The van der Waals surface area contributed by atoms with Gasteiger partial charge in [0.15, 0.2) is 11.5 Å². The average molecular weight is 360 g/mol. The van der Waals surface area contributed by atoms with Crippen LogP contribution in [-0.2, 0) is 17.8 Å². The van der Waals surface area contributed by atoms with Crippen molar-refractivity contribution in [3.05, 3.63) is 65.7 Å². The standard InChI is InChI=1S/C19H13FN6O/c20-14-6-2-1-4-11(14)10-26-19-13(5-3-7-21-19)16(25-26)18-22-9-12-8-15(27)23-17(12)24-18/h1-7,9H,8,10H2,(H,22,23,24,27). The number of nitrogens with one attached hydrogen (secondary N) is 1. The van der Waals surface area contributed by atoms with Crippen LogP contribution in [0, 0.1) is 5.82 Å². The van der Waals surface area contributed by atoms with Crippen LogP contribution in [0.15, 0.2) is 48.8 Å². The van der Waals surface area contributed by atoms with Crippen molar-refractivity contribution in [1.82, 2.24) is 24.7 Å². The topological polar surface area (TPSA) is 85.6 Å². The Morgan fingerprint density at radius 2 is 2.04 bits per heavy atom. The van der Waals surface area contributed by atoms with Crippen LogP contribution in [0.4, 0.5) is 10.2 Å². The fraction of sp³-hybridized carbons (Fsp3) is 0.105. The predicted molar refractivity (Wildman–Crippen MR) is 96.4 cm³/mol. The molecule has 0 saturated heterocycles. The Morgan fingerprint density at radius 1 is 1.15 bits per heavy atom. The Labute approximate surface area is 152 Å². The van der Waals surface area contributed by atoms with Gasteiger partial charge >= 0.3 is 0 Å². The Balaban J connectivity index is 1.63. The molecule has 0 spiro atoms. The van der Waals surface area contributed by atoms with E-state index >= 15 is 0 Å². The van der Waals surface area contributed by atoms with E-state index in [9.17, 15) is 9.18 Å². The van der Waals surface area contributed by atoms with Gasteiger partial charge in [-0.1, -0.05) is 18.2 Å². The number of carbonyl (C=O) groups is 1. The zero-order chi connectivity index (χ0) is 18.4. The highest BCUT2D eigenvalue weighted by Gasteiger charge is 2.22. The van der Waals surface area contributed by atoms with Crippen molar-refractivity contribution in [2.24, 2.45) is 0 Å². The third kappa shape index (κ3) is 2.62. The maximum absolute atomic E-state index is 14.1.